The molecule has 25 heavy (non-hydrogen) atoms. The molecule has 0 fully saturated rings. The van der Waals surface area contributed by atoms with Crippen molar-refractivity contribution < 1.29 is 19.4 Å². The monoisotopic (exact) mass is 368 g/mol. The van der Waals surface area contributed by atoms with Crippen molar-refractivity contribution in [3.05, 3.63) is 23.8 Å². The van der Waals surface area contributed by atoms with E-state index in [1.54, 1.807) is 11.8 Å². The number of rotatable bonds is 8. The minimum absolute atomic E-state index is 0.176. The van der Waals surface area contributed by atoms with Crippen LogP contribution in [0.4, 0.5) is 16.2 Å². The van der Waals surface area contributed by atoms with Crippen LogP contribution in [0.25, 0.3) is 0 Å². The largest absolute Gasteiger partial charge is 0.481 e. The molecule has 1 amide bonds. The maximum atomic E-state index is 12.1. The van der Waals surface area contributed by atoms with Crippen molar-refractivity contribution in [1.29, 1.82) is 0 Å². The van der Waals surface area contributed by atoms with Crippen LogP contribution >= 0.6 is 11.8 Å². The zero-order chi connectivity index (χ0) is 19.0. The second-order valence-electron chi connectivity index (χ2n) is 6.91. The summed E-state index contributed by atoms with van der Waals surface area (Å²) in [4.78, 5) is 24.6. The molecular formula is C18H28N2O4S. The van der Waals surface area contributed by atoms with Crippen LogP contribution in [-0.2, 0) is 15.3 Å². The molecular weight excluding hydrogens is 340 g/mol. The van der Waals surface area contributed by atoms with Crippen molar-refractivity contribution in [2.45, 2.75) is 45.0 Å². The van der Waals surface area contributed by atoms with E-state index in [-0.39, 0.29) is 6.42 Å². The summed E-state index contributed by atoms with van der Waals surface area (Å²) in [5.41, 5.74) is 2.11. The van der Waals surface area contributed by atoms with Crippen molar-refractivity contribution >= 4 is 35.2 Å². The first kappa shape index (κ1) is 21.2. The number of nitrogens with one attached hydrogen (secondary N) is 1. The van der Waals surface area contributed by atoms with Gasteiger partial charge in [0.25, 0.3) is 0 Å². The highest BCUT2D eigenvalue weighted by molar-refractivity contribution is 7.98. The molecule has 1 aromatic carbocycles. The SMILES string of the molecule is CN(C)c1ccc(CSCCCC(=O)O)c(NC(=O)OC(C)(C)C)c1. The Bertz CT molecular complexity index is 597. The number of benzene rings is 1. The minimum atomic E-state index is -0.775. The third kappa shape index (κ3) is 8.67. The molecule has 6 nitrogen and oxygen atoms in total. The summed E-state index contributed by atoms with van der Waals surface area (Å²) in [6, 6.07) is 5.89. The van der Waals surface area contributed by atoms with Gasteiger partial charge in [-0.05, 0) is 50.6 Å². The lowest BCUT2D eigenvalue weighted by Crippen LogP contribution is -2.27. The molecule has 0 aromatic heterocycles. The number of ether oxygens (including phenoxy) is 1. The second kappa shape index (κ2) is 9.56. The van der Waals surface area contributed by atoms with Crippen LogP contribution in [0.15, 0.2) is 18.2 Å². The third-order valence-electron chi connectivity index (χ3n) is 3.18. The summed E-state index contributed by atoms with van der Waals surface area (Å²) in [6.07, 6.45) is 0.320. The Morgan fingerprint density at radius 2 is 1.96 bits per heavy atom. The summed E-state index contributed by atoms with van der Waals surface area (Å²) in [6.45, 7) is 5.46. The molecule has 1 aromatic rings. The molecule has 0 atom stereocenters. The number of carboxylic acids is 1. The summed E-state index contributed by atoms with van der Waals surface area (Å²) in [5.74, 6) is 0.676. The average Bonchev–Trinajstić information content (AvgIpc) is 2.45. The maximum absolute atomic E-state index is 12.1. The van der Waals surface area contributed by atoms with Crippen molar-refractivity contribution in [1.82, 2.24) is 0 Å². The van der Waals surface area contributed by atoms with Gasteiger partial charge in [-0.3, -0.25) is 10.1 Å². The van der Waals surface area contributed by atoms with E-state index in [2.05, 4.69) is 5.32 Å². The standard InChI is InChI=1S/C18H28N2O4S/c1-18(2,3)24-17(23)19-15-11-14(20(4)5)9-8-13(15)12-25-10-6-7-16(21)22/h8-9,11H,6-7,10,12H2,1-5H3,(H,19,23)(H,21,22). The van der Waals surface area contributed by atoms with E-state index in [4.69, 9.17) is 9.84 Å². The lowest BCUT2D eigenvalue weighted by atomic mass is 10.1. The van der Waals surface area contributed by atoms with Gasteiger partial charge in [0.15, 0.2) is 0 Å². The summed E-state index contributed by atoms with van der Waals surface area (Å²) in [5, 5.41) is 11.5. The van der Waals surface area contributed by atoms with E-state index in [9.17, 15) is 9.59 Å². The smallest absolute Gasteiger partial charge is 0.412 e. The van der Waals surface area contributed by atoms with Gasteiger partial charge in [0.05, 0.1) is 5.69 Å². The lowest BCUT2D eigenvalue weighted by molar-refractivity contribution is -0.137. The number of thioether (sulfide) groups is 1. The van der Waals surface area contributed by atoms with E-state index in [1.807, 2.05) is 58.0 Å². The Hall–Kier alpha value is -1.89. The molecule has 0 aliphatic rings. The molecule has 7 heteroatoms. The fourth-order valence-electron chi connectivity index (χ4n) is 2.01. The summed E-state index contributed by atoms with van der Waals surface area (Å²) in [7, 11) is 3.87. The lowest BCUT2D eigenvalue weighted by Gasteiger charge is -2.21. The fourth-order valence-corrected chi connectivity index (χ4v) is 2.97. The number of carboxylic acid groups (broad SMARTS) is 1. The molecule has 0 aliphatic carbocycles. The van der Waals surface area contributed by atoms with Crippen molar-refractivity contribution in [2.75, 3.05) is 30.1 Å². The van der Waals surface area contributed by atoms with Crippen LogP contribution in [0, 0.1) is 0 Å². The van der Waals surface area contributed by atoms with E-state index < -0.39 is 17.7 Å². The van der Waals surface area contributed by atoms with Gasteiger partial charge in [-0.25, -0.2) is 4.79 Å². The normalized spacial score (nSPS) is 11.1. The summed E-state index contributed by atoms with van der Waals surface area (Å²) < 4.78 is 5.33. The highest BCUT2D eigenvalue weighted by Crippen LogP contribution is 2.27. The highest BCUT2D eigenvalue weighted by Gasteiger charge is 2.17. The quantitative estimate of drug-likeness (QED) is 0.670. The molecule has 0 radical (unpaired) electrons. The third-order valence-corrected chi connectivity index (χ3v) is 4.27. The molecule has 0 bridgehead atoms. The first-order valence-corrected chi connectivity index (χ1v) is 9.34. The fraction of sp³-hybridized carbons (Fsp3) is 0.556. The van der Waals surface area contributed by atoms with E-state index in [0.717, 1.165) is 17.0 Å². The molecule has 0 saturated carbocycles. The Morgan fingerprint density at radius 3 is 2.52 bits per heavy atom. The molecule has 0 aliphatic heterocycles. The predicted molar refractivity (Wildman–Crippen MR) is 104 cm³/mol. The zero-order valence-electron chi connectivity index (χ0n) is 15.6. The van der Waals surface area contributed by atoms with Crippen LogP contribution < -0.4 is 10.2 Å². The Morgan fingerprint density at radius 1 is 1.28 bits per heavy atom. The Balaban J connectivity index is 2.78. The minimum Gasteiger partial charge on any atom is -0.481 e. The topological polar surface area (TPSA) is 78.9 Å². The summed E-state index contributed by atoms with van der Waals surface area (Å²) >= 11 is 1.65. The van der Waals surface area contributed by atoms with Gasteiger partial charge >= 0.3 is 12.1 Å². The zero-order valence-corrected chi connectivity index (χ0v) is 16.4. The van der Waals surface area contributed by atoms with Crippen molar-refractivity contribution in [2.24, 2.45) is 0 Å². The average molecular weight is 368 g/mol. The number of anilines is 2. The van der Waals surface area contributed by atoms with Crippen LogP contribution in [0.2, 0.25) is 0 Å². The van der Waals surface area contributed by atoms with Gasteiger partial charge in [0.1, 0.15) is 5.60 Å². The predicted octanol–water partition coefficient (Wildman–Crippen LogP) is 4.20. The second-order valence-corrected chi connectivity index (χ2v) is 8.02. The number of nitrogens with zero attached hydrogens (tertiary/aromatic N) is 1. The number of aliphatic carboxylic acids is 1. The van der Waals surface area contributed by atoms with Crippen LogP contribution in [0.3, 0.4) is 0 Å². The number of carbonyl (C=O) groups excluding carboxylic acids is 1. The Labute approximate surface area is 153 Å². The Kier molecular flexibility index (Phi) is 8.09. The van der Waals surface area contributed by atoms with Gasteiger partial charge in [-0.1, -0.05) is 6.07 Å². The molecule has 0 unspecified atom stereocenters. The van der Waals surface area contributed by atoms with Crippen LogP contribution in [0.1, 0.15) is 39.2 Å². The molecule has 1 rings (SSSR count). The van der Waals surface area contributed by atoms with Crippen LogP contribution in [-0.4, -0.2) is 42.6 Å². The first-order valence-electron chi connectivity index (χ1n) is 8.18. The van der Waals surface area contributed by atoms with Gasteiger partial charge in [0, 0.05) is 32.0 Å². The highest BCUT2D eigenvalue weighted by atomic mass is 32.2. The molecule has 0 spiro atoms. The van der Waals surface area contributed by atoms with Crippen molar-refractivity contribution in [3.8, 4) is 0 Å². The maximum Gasteiger partial charge on any atom is 0.412 e. The number of amides is 1. The first-order chi connectivity index (χ1) is 11.6. The van der Waals surface area contributed by atoms with Crippen molar-refractivity contribution in [3.63, 3.8) is 0 Å². The molecule has 140 valence electrons. The van der Waals surface area contributed by atoms with Gasteiger partial charge in [-0.15, -0.1) is 0 Å². The van der Waals surface area contributed by atoms with Gasteiger partial charge < -0.3 is 14.7 Å². The van der Waals surface area contributed by atoms with Crippen LogP contribution in [0.5, 0.6) is 0 Å². The number of carbonyl (C=O) groups is 2. The van der Waals surface area contributed by atoms with Gasteiger partial charge in [0.2, 0.25) is 0 Å². The number of hydrogen-bond acceptors (Lipinski definition) is 5. The molecule has 0 saturated heterocycles. The number of hydrogen-bond donors (Lipinski definition) is 2. The van der Waals surface area contributed by atoms with E-state index in [1.165, 1.54) is 0 Å². The van der Waals surface area contributed by atoms with E-state index in [0.29, 0.717) is 17.9 Å². The van der Waals surface area contributed by atoms with E-state index >= 15 is 0 Å². The van der Waals surface area contributed by atoms with Gasteiger partial charge in [-0.2, -0.15) is 11.8 Å². The molecule has 2 N–H and O–H groups in total. The molecule has 0 heterocycles.